The van der Waals surface area contributed by atoms with E-state index in [1.54, 1.807) is 0 Å². The minimum Gasteiger partial charge on any atom is -0.435 e. The predicted octanol–water partition coefficient (Wildman–Crippen LogP) is 4.21. The minimum absolute atomic E-state index is 0.0200. The first-order valence-corrected chi connectivity index (χ1v) is 10.3. The predicted molar refractivity (Wildman–Crippen MR) is 99.2 cm³/mol. The van der Waals surface area contributed by atoms with Gasteiger partial charge in [-0.3, -0.25) is 9.59 Å². The second kappa shape index (κ2) is 6.33. The molecule has 2 aliphatic heterocycles. The molecule has 4 rings (SSSR count). The highest BCUT2D eigenvalue weighted by atomic mass is 16.8. The van der Waals surface area contributed by atoms with Gasteiger partial charge in [-0.25, -0.2) is 0 Å². The highest BCUT2D eigenvalue weighted by molar-refractivity contribution is 5.72. The fourth-order valence-corrected chi connectivity index (χ4v) is 6.54. The third-order valence-corrected chi connectivity index (χ3v) is 7.81. The fourth-order valence-electron chi connectivity index (χ4n) is 6.54. The molecule has 0 spiro atoms. The van der Waals surface area contributed by atoms with Crippen molar-refractivity contribution in [1.82, 2.24) is 0 Å². The zero-order valence-electron chi connectivity index (χ0n) is 17.0. The van der Waals surface area contributed by atoms with Crippen LogP contribution in [0.15, 0.2) is 12.2 Å². The van der Waals surface area contributed by atoms with Gasteiger partial charge >= 0.3 is 11.9 Å². The third-order valence-electron chi connectivity index (χ3n) is 7.81. The van der Waals surface area contributed by atoms with Crippen LogP contribution in [-0.4, -0.2) is 24.5 Å². The molecule has 0 radical (unpaired) electrons. The second-order valence-electron chi connectivity index (χ2n) is 10.1. The van der Waals surface area contributed by atoms with E-state index in [0.29, 0.717) is 18.3 Å². The molecule has 2 aliphatic carbocycles. The molecular weight excluding hydrogens is 344 g/mol. The minimum atomic E-state index is -0.630. The van der Waals surface area contributed by atoms with Crippen LogP contribution < -0.4 is 0 Å². The van der Waals surface area contributed by atoms with Crippen molar-refractivity contribution in [2.45, 2.75) is 78.8 Å². The zero-order chi connectivity index (χ0) is 19.6. The molecule has 0 amide bonds. The molecule has 4 aliphatic rings. The van der Waals surface area contributed by atoms with Crippen molar-refractivity contribution in [3.63, 3.8) is 0 Å². The van der Waals surface area contributed by atoms with Gasteiger partial charge in [-0.05, 0) is 54.8 Å². The van der Waals surface area contributed by atoms with E-state index >= 15 is 0 Å². The van der Waals surface area contributed by atoms with Gasteiger partial charge in [0.15, 0.2) is 0 Å². The van der Waals surface area contributed by atoms with Gasteiger partial charge in [-0.1, -0.05) is 32.9 Å². The molecule has 4 fully saturated rings. The van der Waals surface area contributed by atoms with Crippen molar-refractivity contribution in [2.24, 2.45) is 34.5 Å². The van der Waals surface area contributed by atoms with Crippen molar-refractivity contribution in [3.05, 3.63) is 12.2 Å². The number of carbonyl (C=O) groups excluding carboxylic acids is 2. The van der Waals surface area contributed by atoms with E-state index < -0.39 is 12.6 Å². The van der Waals surface area contributed by atoms with Gasteiger partial charge in [0.1, 0.15) is 0 Å². The average Bonchev–Trinajstić information content (AvgIpc) is 3.14. The van der Waals surface area contributed by atoms with Crippen LogP contribution in [-0.2, 0) is 23.8 Å². The molecule has 0 N–H and O–H groups in total. The van der Waals surface area contributed by atoms with Crippen LogP contribution in [0.1, 0.15) is 66.2 Å². The summed E-state index contributed by atoms with van der Waals surface area (Å²) in [7, 11) is 0. The first-order chi connectivity index (χ1) is 12.6. The maximum atomic E-state index is 11.9. The lowest BCUT2D eigenvalue weighted by atomic mass is 9.66. The molecule has 5 heteroatoms. The van der Waals surface area contributed by atoms with Crippen LogP contribution in [0.2, 0.25) is 0 Å². The van der Waals surface area contributed by atoms with Gasteiger partial charge in [0.25, 0.3) is 0 Å². The maximum Gasteiger partial charge on any atom is 0.308 e. The summed E-state index contributed by atoms with van der Waals surface area (Å²) in [6.45, 7) is 12.9. The molecule has 150 valence electrons. The Bertz CT molecular complexity index is 668. The summed E-state index contributed by atoms with van der Waals surface area (Å²) in [5, 5.41) is 0. The van der Waals surface area contributed by atoms with Gasteiger partial charge < -0.3 is 14.2 Å². The summed E-state index contributed by atoms with van der Waals surface area (Å²) in [4.78, 5) is 23.6. The SMILES string of the molecule is C=C1CCCC(C)(C)C2CC(C)(C3C(OC(C)=O)OC4OC(=O)CC43)CC12. The lowest BCUT2D eigenvalue weighted by Gasteiger charge is -2.38. The first kappa shape index (κ1) is 19.0. The normalized spacial score (nSPS) is 45.8. The van der Waals surface area contributed by atoms with E-state index in [9.17, 15) is 9.59 Å². The smallest absolute Gasteiger partial charge is 0.308 e. The van der Waals surface area contributed by atoms with Crippen molar-refractivity contribution in [2.75, 3.05) is 0 Å². The number of carbonyl (C=O) groups is 2. The molecule has 27 heavy (non-hydrogen) atoms. The van der Waals surface area contributed by atoms with Crippen molar-refractivity contribution < 1.29 is 23.8 Å². The summed E-state index contributed by atoms with van der Waals surface area (Å²) >= 11 is 0. The molecule has 5 nitrogen and oxygen atoms in total. The zero-order valence-corrected chi connectivity index (χ0v) is 17.0. The van der Waals surface area contributed by atoms with Crippen molar-refractivity contribution in [3.8, 4) is 0 Å². The first-order valence-electron chi connectivity index (χ1n) is 10.3. The summed E-state index contributed by atoms with van der Waals surface area (Å²) in [6.07, 6.45) is 4.73. The third kappa shape index (κ3) is 3.12. The summed E-state index contributed by atoms with van der Waals surface area (Å²) in [6, 6.07) is 0. The Morgan fingerprint density at radius 3 is 2.70 bits per heavy atom. The second-order valence-corrected chi connectivity index (χ2v) is 10.1. The Labute approximate surface area is 161 Å². The average molecular weight is 376 g/mol. The fraction of sp³-hybridized carbons (Fsp3) is 0.818. The van der Waals surface area contributed by atoms with Gasteiger partial charge in [-0.2, -0.15) is 0 Å². The number of hydrogen-bond acceptors (Lipinski definition) is 5. The largest absolute Gasteiger partial charge is 0.435 e. The monoisotopic (exact) mass is 376 g/mol. The highest BCUT2D eigenvalue weighted by Crippen LogP contribution is 2.64. The van der Waals surface area contributed by atoms with Crippen molar-refractivity contribution >= 4 is 11.9 Å². The molecule has 0 aromatic carbocycles. The number of hydrogen-bond donors (Lipinski definition) is 0. The lowest BCUT2D eigenvalue weighted by molar-refractivity contribution is -0.213. The van der Waals surface area contributed by atoms with E-state index in [-0.39, 0.29) is 34.6 Å². The number of esters is 2. The molecule has 2 heterocycles. The summed E-state index contributed by atoms with van der Waals surface area (Å²) in [5.74, 6) is 0.433. The van der Waals surface area contributed by atoms with Crippen LogP contribution >= 0.6 is 0 Å². The molecule has 0 aromatic rings. The van der Waals surface area contributed by atoms with Crippen molar-refractivity contribution in [1.29, 1.82) is 0 Å². The number of fused-ring (bicyclic) bond motifs is 2. The van der Waals surface area contributed by atoms with Crippen LogP contribution in [0.4, 0.5) is 0 Å². The number of ether oxygens (including phenoxy) is 3. The number of rotatable bonds is 2. The van der Waals surface area contributed by atoms with E-state index in [4.69, 9.17) is 14.2 Å². The van der Waals surface area contributed by atoms with Gasteiger partial charge in [-0.15, -0.1) is 0 Å². The Hall–Kier alpha value is -1.36. The molecule has 7 unspecified atom stereocenters. The Kier molecular flexibility index (Phi) is 4.45. The lowest BCUT2D eigenvalue weighted by Crippen LogP contribution is -2.38. The van der Waals surface area contributed by atoms with Crippen LogP contribution in [0.5, 0.6) is 0 Å². The van der Waals surface area contributed by atoms with Gasteiger partial charge in [0.05, 0.1) is 6.42 Å². The highest BCUT2D eigenvalue weighted by Gasteiger charge is 2.63. The maximum absolute atomic E-state index is 11.9. The standard InChI is InChI=1S/C22H32O5/c1-12-7-6-8-21(3,4)16-11-22(5,10-15(12)16)18-14-9-17(24)26-19(14)27-20(18)25-13(2)23/h14-16,18-20H,1,6-11H2,2-5H3. The topological polar surface area (TPSA) is 61.8 Å². The molecular formula is C22H32O5. The molecule has 2 saturated carbocycles. The summed E-state index contributed by atoms with van der Waals surface area (Å²) in [5.41, 5.74) is 1.56. The summed E-state index contributed by atoms with van der Waals surface area (Å²) < 4.78 is 16.8. The Morgan fingerprint density at radius 2 is 2.00 bits per heavy atom. The van der Waals surface area contributed by atoms with E-state index in [1.165, 1.54) is 25.3 Å². The van der Waals surface area contributed by atoms with Crippen LogP contribution in [0.25, 0.3) is 0 Å². The number of allylic oxidation sites excluding steroid dienone is 1. The molecule has 7 atom stereocenters. The van der Waals surface area contributed by atoms with E-state index in [1.807, 2.05) is 0 Å². The molecule has 0 bridgehead atoms. The van der Waals surface area contributed by atoms with Crippen LogP contribution in [0.3, 0.4) is 0 Å². The quantitative estimate of drug-likeness (QED) is 0.534. The Balaban J connectivity index is 1.66. The Morgan fingerprint density at radius 1 is 1.26 bits per heavy atom. The van der Waals surface area contributed by atoms with Crippen LogP contribution in [0, 0.1) is 34.5 Å². The molecule has 2 saturated heterocycles. The van der Waals surface area contributed by atoms with Gasteiger partial charge in [0.2, 0.25) is 12.6 Å². The van der Waals surface area contributed by atoms with Gasteiger partial charge in [0, 0.05) is 18.8 Å². The molecule has 0 aromatic heterocycles. The van der Waals surface area contributed by atoms with E-state index in [0.717, 1.165) is 19.3 Å². The van der Waals surface area contributed by atoms with E-state index in [2.05, 4.69) is 27.4 Å².